The zero-order valence-corrected chi connectivity index (χ0v) is 13.4. The predicted molar refractivity (Wildman–Crippen MR) is 85.7 cm³/mol. The van der Waals surface area contributed by atoms with E-state index in [2.05, 4.69) is 5.32 Å². The first-order valence-corrected chi connectivity index (χ1v) is 8.03. The maximum absolute atomic E-state index is 12.4. The molecule has 2 atom stereocenters. The summed E-state index contributed by atoms with van der Waals surface area (Å²) in [6.07, 6.45) is 0. The summed E-state index contributed by atoms with van der Waals surface area (Å²) in [4.78, 5) is 28.3. The molecule has 6 nitrogen and oxygen atoms in total. The number of fused-ring (bicyclic) bond motifs is 1. The van der Waals surface area contributed by atoms with Crippen molar-refractivity contribution in [1.29, 1.82) is 0 Å². The van der Waals surface area contributed by atoms with Crippen molar-refractivity contribution in [2.75, 3.05) is 39.9 Å². The van der Waals surface area contributed by atoms with Crippen molar-refractivity contribution in [3.05, 3.63) is 35.9 Å². The number of nitrogens with zero attached hydrogens (tertiary/aromatic N) is 2. The second kappa shape index (κ2) is 7.00. The van der Waals surface area contributed by atoms with E-state index in [0.717, 1.165) is 12.1 Å². The molecule has 2 saturated heterocycles. The highest BCUT2D eigenvalue weighted by Crippen LogP contribution is 2.32. The average Bonchev–Trinajstić information content (AvgIpc) is 3.11. The van der Waals surface area contributed by atoms with E-state index in [1.54, 1.807) is 12.0 Å². The first-order chi connectivity index (χ1) is 11.2. The lowest BCUT2D eigenvalue weighted by molar-refractivity contribution is -0.131. The van der Waals surface area contributed by atoms with E-state index in [0.29, 0.717) is 32.8 Å². The molecule has 23 heavy (non-hydrogen) atoms. The van der Waals surface area contributed by atoms with E-state index in [9.17, 15) is 9.59 Å². The molecule has 0 saturated carbocycles. The molecule has 0 aromatic heterocycles. The van der Waals surface area contributed by atoms with Crippen LogP contribution < -0.4 is 5.32 Å². The number of methoxy groups -OCH3 is 1. The van der Waals surface area contributed by atoms with Crippen molar-refractivity contribution in [2.45, 2.75) is 6.54 Å². The molecule has 0 aliphatic carbocycles. The van der Waals surface area contributed by atoms with Gasteiger partial charge in [0.25, 0.3) is 0 Å². The molecular weight excluding hydrogens is 294 g/mol. The molecule has 2 heterocycles. The standard InChI is InChI=1S/C17H23N3O3/c1-23-8-7-19-10-14-11-20(12-15(14)16(19)21)17(22)18-9-13-5-3-2-4-6-13/h2-6,14-15H,7-12H2,1H3,(H,18,22)/t14-,15+/m1/s1. The summed E-state index contributed by atoms with van der Waals surface area (Å²) >= 11 is 0. The molecule has 0 unspecified atom stereocenters. The van der Waals surface area contributed by atoms with Gasteiger partial charge in [0.05, 0.1) is 12.5 Å². The molecule has 3 rings (SSSR count). The predicted octanol–water partition coefficient (Wildman–Crippen LogP) is 0.933. The van der Waals surface area contributed by atoms with Crippen LogP contribution in [0.1, 0.15) is 5.56 Å². The Labute approximate surface area is 136 Å². The van der Waals surface area contributed by atoms with Crippen molar-refractivity contribution < 1.29 is 14.3 Å². The Morgan fingerprint density at radius 1 is 1.26 bits per heavy atom. The average molecular weight is 317 g/mol. The van der Waals surface area contributed by atoms with E-state index < -0.39 is 0 Å². The molecule has 1 aromatic rings. The first-order valence-electron chi connectivity index (χ1n) is 8.03. The summed E-state index contributed by atoms with van der Waals surface area (Å²) in [7, 11) is 1.64. The molecule has 3 amide bonds. The molecule has 0 bridgehead atoms. The van der Waals surface area contributed by atoms with Gasteiger partial charge in [-0.3, -0.25) is 4.79 Å². The number of rotatable bonds is 5. The largest absolute Gasteiger partial charge is 0.383 e. The molecule has 0 radical (unpaired) electrons. The van der Waals surface area contributed by atoms with Crippen LogP contribution in [-0.2, 0) is 16.1 Å². The fourth-order valence-electron chi connectivity index (χ4n) is 3.40. The van der Waals surface area contributed by atoms with Gasteiger partial charge < -0.3 is 19.9 Å². The summed E-state index contributed by atoms with van der Waals surface area (Å²) in [5.74, 6) is 0.363. The fraction of sp³-hybridized carbons (Fsp3) is 0.529. The van der Waals surface area contributed by atoms with Gasteiger partial charge in [0.2, 0.25) is 5.91 Å². The first kappa shape index (κ1) is 15.8. The molecule has 2 aliphatic rings. The molecule has 1 aromatic carbocycles. The second-order valence-electron chi connectivity index (χ2n) is 6.19. The third-order valence-electron chi connectivity index (χ3n) is 4.66. The lowest BCUT2D eigenvalue weighted by atomic mass is 10.0. The highest BCUT2D eigenvalue weighted by molar-refractivity contribution is 5.84. The second-order valence-corrected chi connectivity index (χ2v) is 6.19. The normalized spacial score (nSPS) is 23.3. The van der Waals surface area contributed by atoms with E-state index in [1.165, 1.54) is 0 Å². The smallest absolute Gasteiger partial charge is 0.317 e. The Bertz CT molecular complexity index is 563. The number of nitrogens with one attached hydrogen (secondary N) is 1. The van der Waals surface area contributed by atoms with Crippen molar-refractivity contribution in [3.8, 4) is 0 Å². The van der Waals surface area contributed by atoms with Gasteiger partial charge in [0, 0.05) is 45.8 Å². The summed E-state index contributed by atoms with van der Waals surface area (Å²) in [6.45, 7) is 3.62. The van der Waals surface area contributed by atoms with Gasteiger partial charge in [-0.15, -0.1) is 0 Å². The number of ether oxygens (including phenoxy) is 1. The van der Waals surface area contributed by atoms with Gasteiger partial charge in [-0.25, -0.2) is 4.79 Å². The number of likely N-dealkylation sites (tertiary alicyclic amines) is 2. The molecule has 1 N–H and O–H groups in total. The van der Waals surface area contributed by atoms with Crippen LogP contribution in [0.5, 0.6) is 0 Å². The van der Waals surface area contributed by atoms with Crippen molar-refractivity contribution in [1.82, 2.24) is 15.1 Å². The molecular formula is C17H23N3O3. The topological polar surface area (TPSA) is 61.9 Å². The van der Waals surface area contributed by atoms with Gasteiger partial charge in [0.15, 0.2) is 0 Å². The Balaban J connectivity index is 1.49. The minimum absolute atomic E-state index is 0.0469. The van der Waals surface area contributed by atoms with Crippen LogP contribution in [-0.4, -0.2) is 61.6 Å². The highest BCUT2D eigenvalue weighted by Gasteiger charge is 2.47. The lowest BCUT2D eigenvalue weighted by Gasteiger charge is -2.22. The van der Waals surface area contributed by atoms with Gasteiger partial charge in [-0.1, -0.05) is 30.3 Å². The number of benzene rings is 1. The molecule has 6 heteroatoms. The summed E-state index contributed by atoms with van der Waals surface area (Å²) < 4.78 is 5.04. The van der Waals surface area contributed by atoms with Gasteiger partial charge >= 0.3 is 6.03 Å². The van der Waals surface area contributed by atoms with Crippen LogP contribution in [0.3, 0.4) is 0 Å². The number of urea groups is 1. The minimum atomic E-state index is -0.0838. The van der Waals surface area contributed by atoms with Crippen LogP contribution in [0.25, 0.3) is 0 Å². The van der Waals surface area contributed by atoms with Crippen molar-refractivity contribution in [3.63, 3.8) is 0 Å². The van der Waals surface area contributed by atoms with Crippen molar-refractivity contribution >= 4 is 11.9 Å². The Morgan fingerprint density at radius 3 is 2.74 bits per heavy atom. The number of carbonyl (C=O) groups excluding carboxylic acids is 2. The number of amides is 3. The van der Waals surface area contributed by atoms with Crippen molar-refractivity contribution in [2.24, 2.45) is 11.8 Å². The van der Waals surface area contributed by atoms with Crippen LogP contribution in [0.15, 0.2) is 30.3 Å². The SMILES string of the molecule is COCCN1C[C@@H]2CN(C(=O)NCc3ccccc3)C[C@@H]2C1=O. The van der Waals surface area contributed by atoms with E-state index in [4.69, 9.17) is 4.74 Å². The third kappa shape index (κ3) is 3.47. The zero-order valence-electron chi connectivity index (χ0n) is 13.4. The fourth-order valence-corrected chi connectivity index (χ4v) is 3.40. The summed E-state index contributed by atoms with van der Waals surface area (Å²) in [6, 6.07) is 9.74. The summed E-state index contributed by atoms with van der Waals surface area (Å²) in [5.41, 5.74) is 1.07. The van der Waals surface area contributed by atoms with Gasteiger partial charge in [-0.05, 0) is 5.56 Å². The lowest BCUT2D eigenvalue weighted by Crippen LogP contribution is -2.41. The molecule has 2 fully saturated rings. The quantitative estimate of drug-likeness (QED) is 0.879. The van der Waals surface area contributed by atoms with E-state index in [1.807, 2.05) is 35.2 Å². The summed E-state index contributed by atoms with van der Waals surface area (Å²) in [5, 5.41) is 2.93. The van der Waals surface area contributed by atoms with Crippen LogP contribution >= 0.6 is 0 Å². The minimum Gasteiger partial charge on any atom is -0.383 e. The van der Waals surface area contributed by atoms with Crippen LogP contribution in [0, 0.1) is 11.8 Å². The zero-order chi connectivity index (χ0) is 16.2. The number of hydrogen-bond donors (Lipinski definition) is 1. The molecule has 124 valence electrons. The van der Waals surface area contributed by atoms with Crippen LogP contribution in [0.2, 0.25) is 0 Å². The van der Waals surface area contributed by atoms with Gasteiger partial charge in [-0.2, -0.15) is 0 Å². The Hall–Kier alpha value is -2.08. The maximum atomic E-state index is 12.4. The van der Waals surface area contributed by atoms with Crippen LogP contribution in [0.4, 0.5) is 4.79 Å². The van der Waals surface area contributed by atoms with Gasteiger partial charge in [0.1, 0.15) is 0 Å². The van der Waals surface area contributed by atoms with E-state index >= 15 is 0 Å². The molecule has 2 aliphatic heterocycles. The Kier molecular flexibility index (Phi) is 4.81. The number of hydrogen-bond acceptors (Lipinski definition) is 3. The number of carbonyl (C=O) groups is 2. The maximum Gasteiger partial charge on any atom is 0.317 e. The molecule has 0 spiro atoms. The highest BCUT2D eigenvalue weighted by atomic mass is 16.5. The van der Waals surface area contributed by atoms with E-state index in [-0.39, 0.29) is 23.8 Å². The Morgan fingerprint density at radius 2 is 2.04 bits per heavy atom. The third-order valence-corrected chi connectivity index (χ3v) is 4.66. The monoisotopic (exact) mass is 317 g/mol.